The van der Waals surface area contributed by atoms with Gasteiger partial charge in [0.15, 0.2) is 11.5 Å². The highest BCUT2D eigenvalue weighted by Crippen LogP contribution is 2.37. The molecule has 0 aliphatic carbocycles. The molecular weight excluding hydrogens is 454 g/mol. The normalized spacial score (nSPS) is 10.9. The molecule has 0 saturated heterocycles. The van der Waals surface area contributed by atoms with Crippen LogP contribution in [-0.2, 0) is 6.61 Å². The van der Waals surface area contributed by atoms with Crippen molar-refractivity contribution in [3.63, 3.8) is 0 Å². The average molecular weight is 475 g/mol. The van der Waals surface area contributed by atoms with Gasteiger partial charge in [0.25, 0.3) is 0 Å². The minimum Gasteiger partial charge on any atom is -0.494 e. The fraction of sp³-hybridized carbons (Fsp3) is 0.174. The third-order valence-corrected chi connectivity index (χ3v) is 5.05. The first-order valence-electron chi connectivity index (χ1n) is 9.11. The Kier molecular flexibility index (Phi) is 7.55. The van der Waals surface area contributed by atoms with Gasteiger partial charge in [-0.1, -0.05) is 29.8 Å². The first-order chi connectivity index (χ1) is 14.1. The van der Waals surface area contributed by atoms with Crippen molar-refractivity contribution in [3.8, 4) is 17.2 Å². The van der Waals surface area contributed by atoms with Gasteiger partial charge >= 0.3 is 0 Å². The van der Waals surface area contributed by atoms with Gasteiger partial charge in [-0.2, -0.15) is 0 Å². The molecule has 0 atom stereocenters. The summed E-state index contributed by atoms with van der Waals surface area (Å²) in [6.45, 7) is 2.94. The zero-order valence-electron chi connectivity index (χ0n) is 16.2. The van der Waals surface area contributed by atoms with Crippen molar-refractivity contribution in [2.75, 3.05) is 13.7 Å². The number of ether oxygens (including phenoxy) is 3. The van der Waals surface area contributed by atoms with E-state index in [1.165, 1.54) is 0 Å². The molecule has 0 saturated carbocycles. The van der Waals surface area contributed by atoms with Crippen LogP contribution in [0, 0.1) is 0 Å². The lowest BCUT2D eigenvalue weighted by atomic mass is 10.2. The number of hydrogen-bond acceptors (Lipinski definition) is 4. The zero-order chi connectivity index (χ0) is 20.6. The summed E-state index contributed by atoms with van der Waals surface area (Å²) in [6.07, 6.45) is 1.78. The van der Waals surface area contributed by atoms with E-state index in [1.54, 1.807) is 13.3 Å². The fourth-order valence-electron chi connectivity index (χ4n) is 2.66. The van der Waals surface area contributed by atoms with Gasteiger partial charge in [0.2, 0.25) is 0 Å². The minimum atomic E-state index is 0.342. The standard InChI is InChI=1S/C23H21BrClNO3/c1-3-28-19-10-8-18(9-11-19)26-14-16-12-20(24)23(22(13-16)27-2)29-15-17-6-4-5-7-21(17)25/h4-14H,3,15H2,1-2H3. The third kappa shape index (κ3) is 5.75. The molecule has 4 nitrogen and oxygen atoms in total. The smallest absolute Gasteiger partial charge is 0.175 e. The number of rotatable bonds is 8. The van der Waals surface area contributed by atoms with Crippen molar-refractivity contribution in [2.45, 2.75) is 13.5 Å². The van der Waals surface area contributed by atoms with Crippen LogP contribution in [-0.4, -0.2) is 19.9 Å². The molecule has 0 heterocycles. The van der Waals surface area contributed by atoms with Gasteiger partial charge in [-0.25, -0.2) is 0 Å². The maximum absolute atomic E-state index is 6.21. The van der Waals surface area contributed by atoms with E-state index in [1.807, 2.05) is 67.6 Å². The molecule has 0 aliphatic rings. The summed E-state index contributed by atoms with van der Waals surface area (Å²) in [5, 5.41) is 0.668. The van der Waals surface area contributed by atoms with Crippen LogP contribution in [0.2, 0.25) is 5.02 Å². The number of benzene rings is 3. The topological polar surface area (TPSA) is 40.0 Å². The first kappa shape index (κ1) is 21.2. The molecular formula is C23H21BrClNO3. The lowest BCUT2D eigenvalue weighted by molar-refractivity contribution is 0.282. The minimum absolute atomic E-state index is 0.342. The second kappa shape index (κ2) is 10.3. The summed E-state index contributed by atoms with van der Waals surface area (Å²) in [6, 6.07) is 19.0. The van der Waals surface area contributed by atoms with Gasteiger partial charge < -0.3 is 14.2 Å². The molecule has 0 fully saturated rings. The van der Waals surface area contributed by atoms with E-state index in [-0.39, 0.29) is 0 Å². The van der Waals surface area contributed by atoms with E-state index >= 15 is 0 Å². The second-order valence-corrected chi connectivity index (χ2v) is 7.36. The Morgan fingerprint density at radius 2 is 1.79 bits per heavy atom. The molecule has 0 N–H and O–H groups in total. The van der Waals surface area contributed by atoms with Gasteiger partial charge in [-0.15, -0.1) is 0 Å². The Hall–Kier alpha value is -2.50. The number of aliphatic imine (C=N–C) groups is 1. The molecule has 0 unspecified atom stereocenters. The van der Waals surface area contributed by atoms with Gasteiger partial charge in [-0.05, 0) is 70.9 Å². The van der Waals surface area contributed by atoms with Crippen LogP contribution < -0.4 is 14.2 Å². The van der Waals surface area contributed by atoms with Crippen LogP contribution in [0.15, 0.2) is 70.1 Å². The highest BCUT2D eigenvalue weighted by molar-refractivity contribution is 9.10. The lowest BCUT2D eigenvalue weighted by Gasteiger charge is -2.14. The maximum atomic E-state index is 6.21. The van der Waals surface area contributed by atoms with E-state index in [2.05, 4.69) is 20.9 Å². The van der Waals surface area contributed by atoms with Crippen LogP contribution in [0.5, 0.6) is 17.2 Å². The third-order valence-electron chi connectivity index (χ3n) is 4.09. The summed E-state index contributed by atoms with van der Waals surface area (Å²) in [5.41, 5.74) is 2.62. The summed E-state index contributed by atoms with van der Waals surface area (Å²) < 4.78 is 17.7. The Bertz CT molecular complexity index is 990. The quantitative estimate of drug-likeness (QED) is 0.336. The van der Waals surface area contributed by atoms with E-state index in [9.17, 15) is 0 Å². The summed E-state index contributed by atoms with van der Waals surface area (Å²) in [7, 11) is 1.61. The lowest BCUT2D eigenvalue weighted by Crippen LogP contribution is -2.00. The number of hydrogen-bond donors (Lipinski definition) is 0. The van der Waals surface area contributed by atoms with Crippen LogP contribution in [0.4, 0.5) is 5.69 Å². The molecule has 6 heteroatoms. The van der Waals surface area contributed by atoms with Crippen molar-refractivity contribution in [3.05, 3.63) is 81.3 Å². The Balaban J connectivity index is 1.76. The fourth-order valence-corrected chi connectivity index (χ4v) is 3.43. The molecule has 3 aromatic carbocycles. The van der Waals surface area contributed by atoms with Crippen LogP contribution in [0.3, 0.4) is 0 Å². The molecule has 3 rings (SSSR count). The van der Waals surface area contributed by atoms with Gasteiger partial charge in [-0.3, -0.25) is 4.99 Å². The monoisotopic (exact) mass is 473 g/mol. The van der Waals surface area contributed by atoms with E-state index in [0.29, 0.717) is 29.7 Å². The van der Waals surface area contributed by atoms with Crippen LogP contribution in [0.1, 0.15) is 18.1 Å². The SMILES string of the molecule is CCOc1ccc(N=Cc2cc(Br)c(OCc3ccccc3Cl)c(OC)c2)cc1. The predicted molar refractivity (Wildman–Crippen MR) is 121 cm³/mol. The summed E-state index contributed by atoms with van der Waals surface area (Å²) in [4.78, 5) is 4.51. The molecule has 0 spiro atoms. The van der Waals surface area contributed by atoms with Crippen LogP contribution >= 0.6 is 27.5 Å². The Morgan fingerprint density at radius 3 is 2.48 bits per heavy atom. The largest absolute Gasteiger partial charge is 0.494 e. The molecule has 3 aromatic rings. The molecule has 150 valence electrons. The van der Waals surface area contributed by atoms with E-state index in [0.717, 1.165) is 27.0 Å². The van der Waals surface area contributed by atoms with E-state index in [4.69, 9.17) is 25.8 Å². The number of methoxy groups -OCH3 is 1. The molecule has 0 aliphatic heterocycles. The number of halogens is 2. The van der Waals surface area contributed by atoms with Crippen molar-refractivity contribution in [1.29, 1.82) is 0 Å². The number of nitrogens with zero attached hydrogens (tertiary/aromatic N) is 1. The molecule has 0 radical (unpaired) electrons. The zero-order valence-corrected chi connectivity index (χ0v) is 18.5. The highest BCUT2D eigenvalue weighted by atomic mass is 79.9. The molecule has 0 aromatic heterocycles. The van der Waals surface area contributed by atoms with Gasteiger partial charge in [0.1, 0.15) is 12.4 Å². The first-order valence-corrected chi connectivity index (χ1v) is 10.3. The van der Waals surface area contributed by atoms with E-state index < -0.39 is 0 Å². The highest BCUT2D eigenvalue weighted by Gasteiger charge is 2.12. The second-order valence-electron chi connectivity index (χ2n) is 6.10. The van der Waals surface area contributed by atoms with Gasteiger partial charge in [0.05, 0.1) is 23.9 Å². The summed E-state index contributed by atoms with van der Waals surface area (Å²) >= 11 is 9.78. The average Bonchev–Trinajstić information content (AvgIpc) is 2.73. The van der Waals surface area contributed by atoms with Crippen molar-refractivity contribution in [1.82, 2.24) is 0 Å². The molecule has 0 bridgehead atoms. The van der Waals surface area contributed by atoms with Gasteiger partial charge in [0, 0.05) is 16.8 Å². The summed E-state index contributed by atoms with van der Waals surface area (Å²) in [5.74, 6) is 2.06. The predicted octanol–water partition coefficient (Wildman–Crippen LogP) is 6.84. The van der Waals surface area contributed by atoms with Crippen molar-refractivity contribution in [2.24, 2.45) is 4.99 Å². The Morgan fingerprint density at radius 1 is 1.03 bits per heavy atom. The molecule has 29 heavy (non-hydrogen) atoms. The van der Waals surface area contributed by atoms with Crippen molar-refractivity contribution >= 4 is 39.4 Å². The maximum Gasteiger partial charge on any atom is 0.175 e. The molecule has 0 amide bonds. The Labute approximate surface area is 184 Å². The van der Waals surface area contributed by atoms with Crippen molar-refractivity contribution < 1.29 is 14.2 Å². The van der Waals surface area contributed by atoms with Crippen LogP contribution in [0.25, 0.3) is 0 Å².